The van der Waals surface area contributed by atoms with Gasteiger partial charge in [0.1, 0.15) is 12.0 Å². The molecule has 31 heavy (non-hydrogen) atoms. The van der Waals surface area contributed by atoms with Crippen LogP contribution in [0.25, 0.3) is 23.0 Å². The Balaban J connectivity index is 0.000000407. The van der Waals surface area contributed by atoms with Crippen LogP contribution in [0.5, 0.6) is 0 Å². The summed E-state index contributed by atoms with van der Waals surface area (Å²) in [5, 5.41) is 22.7. The van der Waals surface area contributed by atoms with E-state index in [9.17, 15) is 0 Å². The van der Waals surface area contributed by atoms with E-state index in [2.05, 4.69) is 40.2 Å². The first-order valence-corrected chi connectivity index (χ1v) is 11.0. The number of thiazole rings is 1. The molecule has 0 aliphatic carbocycles. The van der Waals surface area contributed by atoms with Crippen molar-refractivity contribution >= 4 is 23.1 Å². The first-order valence-electron chi connectivity index (χ1n) is 9.15. The molecule has 158 valence electrons. The van der Waals surface area contributed by atoms with Gasteiger partial charge in [0.2, 0.25) is 0 Å². The maximum Gasteiger partial charge on any atom is 0.257 e. The number of rotatable bonds is 5. The van der Waals surface area contributed by atoms with Gasteiger partial charge in [-0.1, -0.05) is 34.6 Å². The lowest BCUT2D eigenvalue weighted by Gasteiger charge is -2.00. The first kappa shape index (κ1) is 20.9. The molecule has 10 nitrogen and oxygen atoms in total. The van der Waals surface area contributed by atoms with Gasteiger partial charge in [-0.25, -0.2) is 4.98 Å². The number of nitrogens with zero attached hydrogens (tertiary/aromatic N) is 8. The minimum absolute atomic E-state index is 0.529. The Bertz CT molecular complexity index is 1230. The highest BCUT2D eigenvalue weighted by atomic mass is 32.2. The van der Waals surface area contributed by atoms with Crippen LogP contribution >= 0.6 is 23.1 Å². The maximum absolute atomic E-state index is 5.38. The van der Waals surface area contributed by atoms with E-state index < -0.39 is 0 Å². The van der Waals surface area contributed by atoms with Crippen LogP contribution < -0.4 is 0 Å². The predicted molar refractivity (Wildman–Crippen MR) is 115 cm³/mol. The van der Waals surface area contributed by atoms with Crippen molar-refractivity contribution in [2.75, 3.05) is 0 Å². The number of hydrogen-bond acceptors (Lipinski definition) is 11. The summed E-state index contributed by atoms with van der Waals surface area (Å²) in [4.78, 5) is 8.93. The zero-order valence-corrected chi connectivity index (χ0v) is 18.6. The Morgan fingerprint density at radius 3 is 2.74 bits per heavy atom. The largest absolute Gasteiger partial charge is 0.346 e. The molecule has 5 rings (SSSR count). The highest BCUT2D eigenvalue weighted by molar-refractivity contribution is 7.98. The van der Waals surface area contributed by atoms with Crippen LogP contribution in [0.1, 0.15) is 16.4 Å². The molecule has 4 aromatic heterocycles. The average molecular weight is 455 g/mol. The number of thioether (sulfide) groups is 1. The maximum atomic E-state index is 5.38. The van der Waals surface area contributed by atoms with Crippen molar-refractivity contribution in [2.24, 2.45) is 7.05 Å². The lowest BCUT2D eigenvalue weighted by atomic mass is 10.1. The molecule has 0 fully saturated rings. The van der Waals surface area contributed by atoms with Gasteiger partial charge in [0.25, 0.3) is 5.89 Å². The Morgan fingerprint density at radius 1 is 1.16 bits per heavy atom. The summed E-state index contributed by atoms with van der Waals surface area (Å²) in [6.45, 7) is 4.01. The molecule has 0 bridgehead atoms. The second-order valence-corrected chi connectivity index (χ2v) is 8.38. The molecule has 1 aromatic carbocycles. The monoisotopic (exact) mass is 454 g/mol. The fraction of sp³-hybridized carbons (Fsp3) is 0.211. The van der Waals surface area contributed by atoms with Gasteiger partial charge < -0.3 is 13.6 Å². The third kappa shape index (κ3) is 5.22. The molecule has 4 heterocycles. The molecule has 0 N–H and O–H groups in total. The van der Waals surface area contributed by atoms with Crippen LogP contribution in [-0.4, -0.2) is 40.3 Å². The molecule has 0 saturated carbocycles. The fourth-order valence-corrected chi connectivity index (χ4v) is 3.95. The lowest BCUT2D eigenvalue weighted by Crippen LogP contribution is -1.95. The molecule has 0 saturated heterocycles. The molecule has 0 unspecified atom stereocenters. The number of aryl methyl sites for hydroxylation is 2. The molecule has 0 atom stereocenters. The molecule has 5 aromatic rings. The van der Waals surface area contributed by atoms with E-state index in [1.807, 2.05) is 55.1 Å². The van der Waals surface area contributed by atoms with Crippen molar-refractivity contribution in [3.63, 3.8) is 0 Å². The van der Waals surface area contributed by atoms with Crippen molar-refractivity contribution in [1.29, 1.82) is 0 Å². The van der Waals surface area contributed by atoms with Crippen LogP contribution in [0.15, 0.2) is 56.3 Å². The normalized spacial score (nSPS) is 10.7. The topological polar surface area (TPSA) is 121 Å². The van der Waals surface area contributed by atoms with Crippen LogP contribution in [0.3, 0.4) is 0 Å². The van der Waals surface area contributed by atoms with Gasteiger partial charge in [-0.05, 0) is 26.0 Å². The van der Waals surface area contributed by atoms with Crippen molar-refractivity contribution in [3.8, 4) is 23.0 Å². The molecular formula is C19H18N8O2S2. The second-order valence-electron chi connectivity index (χ2n) is 6.38. The quantitative estimate of drug-likeness (QED) is 0.361. The summed E-state index contributed by atoms with van der Waals surface area (Å²) in [5.74, 6) is 2.46. The van der Waals surface area contributed by atoms with E-state index >= 15 is 0 Å². The minimum Gasteiger partial charge on any atom is -0.346 e. The Kier molecular flexibility index (Phi) is 6.48. The Hall–Kier alpha value is -3.38. The van der Waals surface area contributed by atoms with Crippen LogP contribution in [0, 0.1) is 13.8 Å². The van der Waals surface area contributed by atoms with Crippen molar-refractivity contribution in [2.45, 2.75) is 24.8 Å². The average Bonchev–Trinajstić information content (AvgIpc) is 3.56. The minimum atomic E-state index is 0.529. The molecule has 0 spiro atoms. The summed E-state index contributed by atoms with van der Waals surface area (Å²) >= 11 is 3.11. The second kappa shape index (κ2) is 9.62. The summed E-state index contributed by atoms with van der Waals surface area (Å²) < 4.78 is 11.5. The predicted octanol–water partition coefficient (Wildman–Crippen LogP) is 3.97. The highest BCUT2D eigenvalue weighted by Gasteiger charge is 2.15. The zero-order chi connectivity index (χ0) is 21.6. The van der Waals surface area contributed by atoms with Gasteiger partial charge >= 0.3 is 0 Å². The van der Waals surface area contributed by atoms with Crippen molar-refractivity contribution in [3.05, 3.63) is 58.5 Å². The number of benzene rings is 1. The Labute approximate surface area is 185 Å². The van der Waals surface area contributed by atoms with E-state index in [1.54, 1.807) is 11.3 Å². The van der Waals surface area contributed by atoms with E-state index in [1.165, 1.54) is 24.2 Å². The third-order valence-corrected chi connectivity index (χ3v) is 5.82. The first-order chi connectivity index (χ1) is 15.1. The summed E-state index contributed by atoms with van der Waals surface area (Å²) in [6.07, 6.45) is 2.88. The molecule has 0 aliphatic rings. The van der Waals surface area contributed by atoms with E-state index in [4.69, 9.17) is 4.52 Å². The third-order valence-electron chi connectivity index (χ3n) is 4.03. The van der Waals surface area contributed by atoms with Crippen LogP contribution in [0.2, 0.25) is 0 Å². The summed E-state index contributed by atoms with van der Waals surface area (Å²) in [5.41, 5.74) is 2.92. The smallest absolute Gasteiger partial charge is 0.257 e. The Morgan fingerprint density at radius 2 is 2.06 bits per heavy atom. The molecule has 0 amide bonds. The van der Waals surface area contributed by atoms with Gasteiger partial charge in [0, 0.05) is 23.3 Å². The standard InChI is InChI=1S/C17H16N6OS2.C2H2N2O/c1-10-5-4-6-12(7-10)16-19-14(22-24-16)9-26-17-21-20-15(23(17)3)13-8-25-11(2)18-13;1-2-5-4-3-1/h4-8H,9H2,1-3H3;1-2H. The van der Waals surface area contributed by atoms with E-state index in [-0.39, 0.29) is 0 Å². The van der Waals surface area contributed by atoms with Crippen molar-refractivity contribution < 1.29 is 9.05 Å². The van der Waals surface area contributed by atoms with Gasteiger partial charge in [-0.3, -0.25) is 0 Å². The van der Waals surface area contributed by atoms with Gasteiger partial charge in [0.15, 0.2) is 16.8 Å². The van der Waals surface area contributed by atoms with Crippen LogP contribution in [-0.2, 0) is 12.8 Å². The SMILES string of the molecule is Cc1cccc(-c2nc(CSc3nnc(-c4csc(C)n4)n3C)no2)c1.c1conn1. The van der Waals surface area contributed by atoms with Gasteiger partial charge in [-0.15, -0.1) is 26.6 Å². The summed E-state index contributed by atoms with van der Waals surface area (Å²) in [6, 6.07) is 7.99. The summed E-state index contributed by atoms with van der Waals surface area (Å²) in [7, 11) is 1.93. The molecular weight excluding hydrogens is 436 g/mol. The molecule has 0 radical (unpaired) electrons. The highest BCUT2D eigenvalue weighted by Crippen LogP contribution is 2.26. The van der Waals surface area contributed by atoms with Crippen LogP contribution in [0.4, 0.5) is 0 Å². The van der Waals surface area contributed by atoms with E-state index in [0.29, 0.717) is 17.5 Å². The fourth-order valence-electron chi connectivity index (χ4n) is 2.60. The van der Waals surface area contributed by atoms with Gasteiger partial charge in [0.05, 0.1) is 17.0 Å². The van der Waals surface area contributed by atoms with E-state index in [0.717, 1.165) is 32.8 Å². The van der Waals surface area contributed by atoms with Crippen molar-refractivity contribution in [1.82, 2.24) is 40.3 Å². The number of hydrogen-bond donors (Lipinski definition) is 0. The lowest BCUT2D eigenvalue weighted by molar-refractivity contribution is 0.393. The van der Waals surface area contributed by atoms with Gasteiger partial charge in [-0.2, -0.15) is 4.98 Å². The zero-order valence-electron chi connectivity index (χ0n) is 17.0. The number of aromatic nitrogens is 8. The molecule has 12 heteroatoms. The molecule has 0 aliphatic heterocycles.